The Kier molecular flexibility index (Phi) is 3.90. The number of aromatic nitrogens is 2. The highest BCUT2D eigenvalue weighted by atomic mass is 16.5. The number of imidazole rings is 1. The maximum atomic E-state index is 6.14. The van der Waals surface area contributed by atoms with Crippen molar-refractivity contribution in [2.75, 3.05) is 12.3 Å². The highest BCUT2D eigenvalue weighted by Gasteiger charge is 2.12. The summed E-state index contributed by atoms with van der Waals surface area (Å²) in [6.07, 6.45) is 1.81. The molecule has 0 amide bonds. The smallest absolute Gasteiger partial charge is 0.132 e. The lowest BCUT2D eigenvalue weighted by molar-refractivity contribution is 0.340. The van der Waals surface area contributed by atoms with E-state index in [1.165, 1.54) is 0 Å². The topological polar surface area (TPSA) is 53.1 Å². The molecule has 0 aliphatic heterocycles. The van der Waals surface area contributed by atoms with Gasteiger partial charge in [0.1, 0.15) is 23.1 Å². The van der Waals surface area contributed by atoms with Crippen molar-refractivity contribution < 1.29 is 4.74 Å². The molecular formula is C15H19N3O. The zero-order valence-electron chi connectivity index (χ0n) is 11.4. The monoisotopic (exact) mass is 257 g/mol. The van der Waals surface area contributed by atoms with Gasteiger partial charge in [0.05, 0.1) is 6.61 Å². The molecule has 100 valence electrons. The predicted octanol–water partition coefficient (Wildman–Crippen LogP) is 3.03. The molecule has 0 bridgehead atoms. The first-order chi connectivity index (χ1) is 9.17. The fraction of sp³-hybridized carbons (Fsp3) is 0.267. The lowest BCUT2D eigenvalue weighted by atomic mass is 10.1. The standard InChI is InChI=1S/C15H19N3O/c1-4-10-18-11(3)17-14(15(18)16)12-6-8-13(9-7-12)19-5-2/h4,6-9H,1,5,10,16H2,2-3H3. The van der Waals surface area contributed by atoms with Crippen LogP contribution in [-0.4, -0.2) is 16.2 Å². The second kappa shape index (κ2) is 5.61. The highest BCUT2D eigenvalue weighted by molar-refractivity contribution is 5.71. The van der Waals surface area contributed by atoms with E-state index in [0.717, 1.165) is 22.8 Å². The van der Waals surface area contributed by atoms with Crippen LogP contribution in [0, 0.1) is 6.92 Å². The average Bonchev–Trinajstić information content (AvgIpc) is 2.69. The second-order valence-electron chi connectivity index (χ2n) is 4.25. The van der Waals surface area contributed by atoms with Crippen molar-refractivity contribution >= 4 is 5.82 Å². The first-order valence-electron chi connectivity index (χ1n) is 6.34. The molecular weight excluding hydrogens is 238 g/mol. The van der Waals surface area contributed by atoms with Gasteiger partial charge in [-0.15, -0.1) is 6.58 Å². The van der Waals surface area contributed by atoms with Crippen molar-refractivity contribution in [3.63, 3.8) is 0 Å². The fourth-order valence-electron chi connectivity index (χ4n) is 2.03. The summed E-state index contributed by atoms with van der Waals surface area (Å²) in [6, 6.07) is 7.81. The third kappa shape index (κ3) is 2.62. The lowest BCUT2D eigenvalue weighted by Crippen LogP contribution is -2.03. The molecule has 0 unspecified atom stereocenters. The van der Waals surface area contributed by atoms with Gasteiger partial charge in [0, 0.05) is 12.1 Å². The van der Waals surface area contributed by atoms with Crippen molar-refractivity contribution in [2.45, 2.75) is 20.4 Å². The summed E-state index contributed by atoms with van der Waals surface area (Å²) in [4.78, 5) is 4.52. The minimum Gasteiger partial charge on any atom is -0.494 e. The van der Waals surface area contributed by atoms with Gasteiger partial charge in [0.15, 0.2) is 0 Å². The molecule has 1 aromatic carbocycles. The van der Waals surface area contributed by atoms with E-state index in [1.807, 2.05) is 48.8 Å². The van der Waals surface area contributed by atoms with E-state index in [2.05, 4.69) is 11.6 Å². The van der Waals surface area contributed by atoms with Gasteiger partial charge in [0.25, 0.3) is 0 Å². The quantitative estimate of drug-likeness (QED) is 0.838. The first kappa shape index (κ1) is 13.2. The number of nitrogens with zero attached hydrogens (tertiary/aromatic N) is 2. The molecule has 0 saturated carbocycles. The number of aryl methyl sites for hydroxylation is 1. The van der Waals surface area contributed by atoms with Gasteiger partial charge in [-0.25, -0.2) is 4.98 Å². The molecule has 2 rings (SSSR count). The van der Waals surface area contributed by atoms with Gasteiger partial charge in [-0.3, -0.25) is 0 Å². The Morgan fingerprint density at radius 3 is 2.63 bits per heavy atom. The summed E-state index contributed by atoms with van der Waals surface area (Å²) >= 11 is 0. The number of benzene rings is 1. The number of nitrogens with two attached hydrogens (primary N) is 1. The predicted molar refractivity (Wildman–Crippen MR) is 78.2 cm³/mol. The van der Waals surface area contributed by atoms with E-state index >= 15 is 0 Å². The number of hydrogen-bond acceptors (Lipinski definition) is 3. The molecule has 1 heterocycles. The van der Waals surface area contributed by atoms with Crippen molar-refractivity contribution in [3.8, 4) is 17.0 Å². The third-order valence-corrected chi connectivity index (χ3v) is 2.95. The number of anilines is 1. The van der Waals surface area contributed by atoms with Gasteiger partial charge < -0.3 is 15.0 Å². The van der Waals surface area contributed by atoms with E-state index in [-0.39, 0.29) is 0 Å². The van der Waals surface area contributed by atoms with Crippen molar-refractivity contribution in [1.29, 1.82) is 0 Å². The molecule has 1 aromatic heterocycles. The van der Waals surface area contributed by atoms with Crippen molar-refractivity contribution in [2.24, 2.45) is 0 Å². The third-order valence-electron chi connectivity index (χ3n) is 2.95. The Morgan fingerprint density at radius 2 is 2.05 bits per heavy atom. The Hall–Kier alpha value is -2.23. The molecule has 0 atom stereocenters. The molecule has 0 radical (unpaired) electrons. The SMILES string of the molecule is C=CCn1c(C)nc(-c2ccc(OCC)cc2)c1N. The molecule has 0 aliphatic carbocycles. The summed E-state index contributed by atoms with van der Waals surface area (Å²) < 4.78 is 7.37. The Bertz CT molecular complexity index is 570. The molecule has 0 saturated heterocycles. The number of allylic oxidation sites excluding steroid dienone is 1. The molecule has 4 heteroatoms. The van der Waals surface area contributed by atoms with Crippen LogP contribution >= 0.6 is 0 Å². The van der Waals surface area contributed by atoms with E-state index in [9.17, 15) is 0 Å². The van der Waals surface area contributed by atoms with Crippen LogP contribution in [0.1, 0.15) is 12.7 Å². The van der Waals surface area contributed by atoms with Crippen LogP contribution in [0.5, 0.6) is 5.75 Å². The average molecular weight is 257 g/mol. The molecule has 4 nitrogen and oxygen atoms in total. The zero-order chi connectivity index (χ0) is 13.8. The minimum absolute atomic E-state index is 0.661. The molecule has 0 spiro atoms. The van der Waals surface area contributed by atoms with Crippen LogP contribution in [0.2, 0.25) is 0 Å². The van der Waals surface area contributed by atoms with Crippen LogP contribution < -0.4 is 10.5 Å². The van der Waals surface area contributed by atoms with Gasteiger partial charge in [-0.1, -0.05) is 6.08 Å². The van der Waals surface area contributed by atoms with E-state index in [4.69, 9.17) is 10.5 Å². The van der Waals surface area contributed by atoms with Crippen LogP contribution in [-0.2, 0) is 6.54 Å². The summed E-state index contributed by atoms with van der Waals surface area (Å²) in [7, 11) is 0. The van der Waals surface area contributed by atoms with Crippen LogP contribution in [0.25, 0.3) is 11.3 Å². The fourth-order valence-corrected chi connectivity index (χ4v) is 2.03. The van der Waals surface area contributed by atoms with Crippen LogP contribution in [0.3, 0.4) is 0 Å². The normalized spacial score (nSPS) is 10.4. The number of rotatable bonds is 5. The van der Waals surface area contributed by atoms with Crippen LogP contribution in [0.4, 0.5) is 5.82 Å². The summed E-state index contributed by atoms with van der Waals surface area (Å²) in [5.41, 5.74) is 7.94. The number of nitrogen functional groups attached to an aromatic ring is 1. The molecule has 0 fully saturated rings. The Balaban J connectivity index is 2.36. The number of ether oxygens (including phenoxy) is 1. The van der Waals surface area contributed by atoms with E-state index in [0.29, 0.717) is 19.0 Å². The summed E-state index contributed by atoms with van der Waals surface area (Å²) in [5.74, 6) is 2.41. The maximum absolute atomic E-state index is 6.14. The van der Waals surface area contributed by atoms with Gasteiger partial charge in [0.2, 0.25) is 0 Å². The molecule has 19 heavy (non-hydrogen) atoms. The second-order valence-corrected chi connectivity index (χ2v) is 4.25. The minimum atomic E-state index is 0.661. The summed E-state index contributed by atoms with van der Waals surface area (Å²) in [5, 5.41) is 0. The summed E-state index contributed by atoms with van der Waals surface area (Å²) in [6.45, 7) is 8.97. The van der Waals surface area contributed by atoms with Crippen molar-refractivity contribution in [1.82, 2.24) is 9.55 Å². The van der Waals surface area contributed by atoms with Gasteiger partial charge in [-0.05, 0) is 38.1 Å². The van der Waals surface area contributed by atoms with Crippen molar-refractivity contribution in [3.05, 3.63) is 42.7 Å². The molecule has 0 aliphatic rings. The lowest BCUT2D eigenvalue weighted by Gasteiger charge is -2.05. The Morgan fingerprint density at radius 1 is 1.37 bits per heavy atom. The Labute approximate surface area is 113 Å². The molecule has 2 N–H and O–H groups in total. The number of hydrogen-bond donors (Lipinski definition) is 1. The van der Waals surface area contributed by atoms with E-state index < -0.39 is 0 Å². The van der Waals surface area contributed by atoms with Gasteiger partial charge >= 0.3 is 0 Å². The highest BCUT2D eigenvalue weighted by Crippen LogP contribution is 2.27. The first-order valence-corrected chi connectivity index (χ1v) is 6.34. The maximum Gasteiger partial charge on any atom is 0.132 e. The van der Waals surface area contributed by atoms with E-state index in [1.54, 1.807) is 0 Å². The zero-order valence-corrected chi connectivity index (χ0v) is 11.4. The molecule has 2 aromatic rings. The van der Waals surface area contributed by atoms with Crippen LogP contribution in [0.15, 0.2) is 36.9 Å². The largest absolute Gasteiger partial charge is 0.494 e. The van der Waals surface area contributed by atoms with Gasteiger partial charge in [-0.2, -0.15) is 0 Å².